The smallest absolute Gasteiger partial charge is 0.251 e. The van der Waals surface area contributed by atoms with Gasteiger partial charge in [0.15, 0.2) is 0 Å². The first-order valence-corrected chi connectivity index (χ1v) is 7.80. The van der Waals surface area contributed by atoms with Crippen LogP contribution in [0.5, 0.6) is 0 Å². The molecule has 1 aliphatic carbocycles. The van der Waals surface area contributed by atoms with Gasteiger partial charge in [0.2, 0.25) is 0 Å². The predicted molar refractivity (Wildman–Crippen MR) is 85.1 cm³/mol. The van der Waals surface area contributed by atoms with Crippen molar-refractivity contribution >= 4 is 11.6 Å². The fourth-order valence-corrected chi connectivity index (χ4v) is 2.93. The highest BCUT2D eigenvalue weighted by molar-refractivity contribution is 5.95. The SMILES string of the molecule is CCC1CCC(O)(CNC(=O)c2ccc(C)c(N)c2)CC1. The van der Waals surface area contributed by atoms with Gasteiger partial charge in [-0.05, 0) is 56.2 Å². The maximum Gasteiger partial charge on any atom is 0.251 e. The van der Waals surface area contributed by atoms with Crippen LogP contribution in [0.1, 0.15) is 54.9 Å². The molecule has 0 aliphatic heterocycles. The van der Waals surface area contributed by atoms with Crippen molar-refractivity contribution < 1.29 is 9.90 Å². The Labute approximate surface area is 126 Å². The van der Waals surface area contributed by atoms with E-state index in [1.54, 1.807) is 12.1 Å². The Kier molecular flexibility index (Phi) is 4.88. The van der Waals surface area contributed by atoms with Crippen LogP contribution in [0.3, 0.4) is 0 Å². The van der Waals surface area contributed by atoms with Crippen LogP contribution >= 0.6 is 0 Å². The summed E-state index contributed by atoms with van der Waals surface area (Å²) < 4.78 is 0. The van der Waals surface area contributed by atoms with E-state index in [1.165, 1.54) is 6.42 Å². The lowest BCUT2D eigenvalue weighted by Crippen LogP contribution is -2.45. The number of nitrogens with two attached hydrogens (primary N) is 1. The van der Waals surface area contributed by atoms with Crippen molar-refractivity contribution in [3.63, 3.8) is 0 Å². The van der Waals surface area contributed by atoms with Gasteiger partial charge in [0.1, 0.15) is 0 Å². The second-order valence-corrected chi connectivity index (χ2v) is 6.33. The molecule has 0 atom stereocenters. The number of aryl methyl sites for hydroxylation is 1. The van der Waals surface area contributed by atoms with Gasteiger partial charge in [-0.3, -0.25) is 4.79 Å². The minimum Gasteiger partial charge on any atom is -0.398 e. The van der Waals surface area contributed by atoms with Gasteiger partial charge in [0.25, 0.3) is 5.91 Å². The lowest BCUT2D eigenvalue weighted by molar-refractivity contribution is -0.00786. The topological polar surface area (TPSA) is 75.3 Å². The van der Waals surface area contributed by atoms with Crippen LogP contribution in [0.25, 0.3) is 0 Å². The number of nitrogens with one attached hydrogen (secondary N) is 1. The first-order chi connectivity index (χ1) is 9.93. The zero-order valence-electron chi connectivity index (χ0n) is 13.0. The molecule has 21 heavy (non-hydrogen) atoms. The summed E-state index contributed by atoms with van der Waals surface area (Å²) in [5.41, 5.74) is 7.19. The molecule has 0 heterocycles. The molecule has 4 heteroatoms. The number of amides is 1. The molecule has 1 fully saturated rings. The fourth-order valence-electron chi connectivity index (χ4n) is 2.93. The summed E-state index contributed by atoms with van der Waals surface area (Å²) in [6, 6.07) is 5.28. The molecule has 4 nitrogen and oxygen atoms in total. The first kappa shape index (κ1) is 15.8. The van der Waals surface area contributed by atoms with E-state index in [0.717, 1.165) is 37.2 Å². The van der Waals surface area contributed by atoms with Gasteiger partial charge in [-0.25, -0.2) is 0 Å². The van der Waals surface area contributed by atoms with Crippen molar-refractivity contribution in [2.75, 3.05) is 12.3 Å². The number of hydrogen-bond donors (Lipinski definition) is 3. The van der Waals surface area contributed by atoms with E-state index < -0.39 is 5.60 Å². The molecule has 0 unspecified atom stereocenters. The summed E-state index contributed by atoms with van der Waals surface area (Å²) in [6.45, 7) is 4.42. The zero-order chi connectivity index (χ0) is 15.5. The summed E-state index contributed by atoms with van der Waals surface area (Å²) in [5.74, 6) is 0.547. The molecule has 1 aromatic carbocycles. The molecule has 0 bridgehead atoms. The molecule has 4 N–H and O–H groups in total. The monoisotopic (exact) mass is 290 g/mol. The largest absolute Gasteiger partial charge is 0.398 e. The summed E-state index contributed by atoms with van der Waals surface area (Å²) in [6.07, 6.45) is 4.79. The normalized spacial score (nSPS) is 25.6. The third-order valence-electron chi connectivity index (χ3n) is 4.73. The van der Waals surface area contributed by atoms with Crippen molar-refractivity contribution in [1.82, 2.24) is 5.32 Å². The van der Waals surface area contributed by atoms with Gasteiger partial charge in [-0.1, -0.05) is 19.4 Å². The minimum absolute atomic E-state index is 0.173. The average molecular weight is 290 g/mol. The summed E-state index contributed by atoms with van der Waals surface area (Å²) in [5, 5.41) is 13.4. The highest BCUT2D eigenvalue weighted by Crippen LogP contribution is 2.33. The molecule has 0 radical (unpaired) electrons. The molecule has 116 valence electrons. The number of carbonyl (C=O) groups excluding carboxylic acids is 1. The van der Waals surface area contributed by atoms with Crippen molar-refractivity contribution in [3.8, 4) is 0 Å². The molecule has 0 aromatic heterocycles. The molecule has 1 aromatic rings. The Bertz CT molecular complexity index is 506. The quantitative estimate of drug-likeness (QED) is 0.746. The third-order valence-corrected chi connectivity index (χ3v) is 4.73. The third kappa shape index (κ3) is 3.97. The van der Waals surface area contributed by atoms with Crippen LogP contribution in [0.4, 0.5) is 5.69 Å². The highest BCUT2D eigenvalue weighted by atomic mass is 16.3. The second-order valence-electron chi connectivity index (χ2n) is 6.33. The van der Waals surface area contributed by atoms with Gasteiger partial charge in [-0.15, -0.1) is 0 Å². The van der Waals surface area contributed by atoms with E-state index in [1.807, 2.05) is 13.0 Å². The molecule has 0 spiro atoms. The second kappa shape index (κ2) is 6.48. The molecule has 1 aliphatic rings. The van der Waals surface area contributed by atoms with Crippen LogP contribution in [0.2, 0.25) is 0 Å². The maximum absolute atomic E-state index is 12.1. The highest BCUT2D eigenvalue weighted by Gasteiger charge is 2.32. The molecule has 1 amide bonds. The predicted octanol–water partition coefficient (Wildman–Crippen LogP) is 2.64. The van der Waals surface area contributed by atoms with E-state index in [9.17, 15) is 9.90 Å². The van der Waals surface area contributed by atoms with Gasteiger partial charge in [0, 0.05) is 17.8 Å². The number of anilines is 1. The van der Waals surface area contributed by atoms with E-state index in [2.05, 4.69) is 12.2 Å². The Balaban J connectivity index is 1.90. The van der Waals surface area contributed by atoms with Crippen molar-refractivity contribution in [2.45, 2.75) is 51.6 Å². The van der Waals surface area contributed by atoms with Crippen molar-refractivity contribution in [3.05, 3.63) is 29.3 Å². The number of hydrogen-bond acceptors (Lipinski definition) is 3. The van der Waals surface area contributed by atoms with Gasteiger partial charge >= 0.3 is 0 Å². The molecular weight excluding hydrogens is 264 g/mol. The van der Waals surface area contributed by atoms with E-state index in [-0.39, 0.29) is 5.91 Å². The zero-order valence-corrected chi connectivity index (χ0v) is 13.0. The molecule has 2 rings (SSSR count). The van der Waals surface area contributed by atoms with Gasteiger partial charge in [-0.2, -0.15) is 0 Å². The standard InChI is InChI=1S/C17H26N2O2/c1-3-13-6-8-17(21,9-7-13)11-19-16(20)14-5-4-12(2)15(18)10-14/h4-5,10,13,21H,3,6-9,11,18H2,1-2H3,(H,19,20). The Morgan fingerprint density at radius 2 is 2.10 bits per heavy atom. The summed E-state index contributed by atoms with van der Waals surface area (Å²) in [7, 11) is 0. The van der Waals surface area contributed by atoms with Crippen LogP contribution in [0, 0.1) is 12.8 Å². The fraction of sp³-hybridized carbons (Fsp3) is 0.588. The van der Waals surface area contributed by atoms with E-state index in [4.69, 9.17) is 5.73 Å². The number of carbonyl (C=O) groups is 1. The number of rotatable bonds is 4. The number of benzene rings is 1. The van der Waals surface area contributed by atoms with Gasteiger partial charge in [0.05, 0.1) is 5.60 Å². The van der Waals surface area contributed by atoms with Crippen LogP contribution in [-0.2, 0) is 0 Å². The van der Waals surface area contributed by atoms with Crippen LogP contribution in [-0.4, -0.2) is 23.2 Å². The van der Waals surface area contributed by atoms with Crippen molar-refractivity contribution in [1.29, 1.82) is 0 Å². The Morgan fingerprint density at radius 3 is 2.67 bits per heavy atom. The van der Waals surface area contributed by atoms with Crippen LogP contribution in [0.15, 0.2) is 18.2 Å². The van der Waals surface area contributed by atoms with Gasteiger partial charge < -0.3 is 16.2 Å². The number of nitrogen functional groups attached to an aromatic ring is 1. The lowest BCUT2D eigenvalue weighted by Gasteiger charge is -2.35. The average Bonchev–Trinajstić information content (AvgIpc) is 2.48. The Morgan fingerprint density at radius 1 is 1.43 bits per heavy atom. The maximum atomic E-state index is 12.1. The first-order valence-electron chi connectivity index (χ1n) is 7.80. The van der Waals surface area contributed by atoms with Crippen LogP contribution < -0.4 is 11.1 Å². The summed E-state index contributed by atoms with van der Waals surface area (Å²) >= 11 is 0. The molecule has 1 saturated carbocycles. The molecular formula is C17H26N2O2. The number of aliphatic hydroxyl groups is 1. The minimum atomic E-state index is -0.752. The summed E-state index contributed by atoms with van der Waals surface area (Å²) in [4.78, 5) is 12.1. The van der Waals surface area contributed by atoms with E-state index in [0.29, 0.717) is 17.8 Å². The van der Waals surface area contributed by atoms with E-state index >= 15 is 0 Å². The Hall–Kier alpha value is -1.55. The lowest BCUT2D eigenvalue weighted by atomic mass is 9.78. The molecule has 0 saturated heterocycles. The van der Waals surface area contributed by atoms with Crippen molar-refractivity contribution in [2.24, 2.45) is 5.92 Å².